The maximum Gasteiger partial charge on any atom is 0.410 e. The summed E-state index contributed by atoms with van der Waals surface area (Å²) < 4.78 is 11.3. The van der Waals surface area contributed by atoms with Gasteiger partial charge in [0.2, 0.25) is 0 Å². The molecule has 2 atom stereocenters. The van der Waals surface area contributed by atoms with Crippen molar-refractivity contribution in [1.29, 1.82) is 0 Å². The van der Waals surface area contributed by atoms with Gasteiger partial charge >= 0.3 is 6.09 Å². The lowest BCUT2D eigenvalue weighted by Crippen LogP contribution is -2.36. The van der Waals surface area contributed by atoms with Gasteiger partial charge in [-0.05, 0) is 34.1 Å². The predicted molar refractivity (Wildman–Crippen MR) is 77.7 cm³/mol. The predicted octanol–water partition coefficient (Wildman–Crippen LogP) is 2.56. The number of nitrogens with zero attached hydrogens (tertiary/aromatic N) is 3. The monoisotopic (exact) mass is 293 g/mol. The van der Waals surface area contributed by atoms with Crippen LogP contribution >= 0.6 is 0 Å². The summed E-state index contributed by atoms with van der Waals surface area (Å²) in [5.41, 5.74) is 0.330. The van der Waals surface area contributed by atoms with E-state index in [1.165, 1.54) is 0 Å². The van der Waals surface area contributed by atoms with Crippen LogP contribution < -0.4 is 0 Å². The van der Waals surface area contributed by atoms with Gasteiger partial charge in [-0.3, -0.25) is 9.97 Å². The van der Waals surface area contributed by atoms with E-state index in [4.69, 9.17) is 9.47 Å². The van der Waals surface area contributed by atoms with Gasteiger partial charge in [0.25, 0.3) is 0 Å². The molecule has 1 aromatic heterocycles. The maximum absolute atomic E-state index is 12.0. The molecule has 1 aliphatic heterocycles. The number of rotatable bonds is 3. The lowest BCUT2D eigenvalue weighted by molar-refractivity contribution is -0.00572. The number of hydrogen-bond acceptors (Lipinski definition) is 5. The van der Waals surface area contributed by atoms with E-state index < -0.39 is 5.60 Å². The van der Waals surface area contributed by atoms with Gasteiger partial charge in [0.05, 0.1) is 30.6 Å². The topological polar surface area (TPSA) is 64.5 Å². The third-order valence-corrected chi connectivity index (χ3v) is 3.19. The van der Waals surface area contributed by atoms with Crippen molar-refractivity contribution in [1.82, 2.24) is 14.9 Å². The molecule has 6 nitrogen and oxygen atoms in total. The van der Waals surface area contributed by atoms with Crippen LogP contribution in [-0.2, 0) is 9.47 Å². The largest absolute Gasteiger partial charge is 0.444 e. The molecule has 1 fully saturated rings. The summed E-state index contributed by atoms with van der Waals surface area (Å²) >= 11 is 0. The number of carbonyl (C=O) groups excluding carboxylic acids is 1. The Bertz CT molecular complexity index is 473. The van der Waals surface area contributed by atoms with Gasteiger partial charge in [-0.1, -0.05) is 0 Å². The van der Waals surface area contributed by atoms with Crippen LogP contribution in [0.25, 0.3) is 0 Å². The molecule has 1 saturated heterocycles. The fourth-order valence-electron chi connectivity index (χ4n) is 2.21. The zero-order chi connectivity index (χ0) is 15.5. The minimum Gasteiger partial charge on any atom is -0.444 e. The highest BCUT2D eigenvalue weighted by atomic mass is 16.6. The third kappa shape index (κ3) is 4.67. The molecule has 1 aromatic rings. The van der Waals surface area contributed by atoms with Crippen molar-refractivity contribution < 1.29 is 14.3 Å². The highest BCUT2D eigenvalue weighted by Crippen LogP contribution is 2.22. The van der Waals surface area contributed by atoms with E-state index in [9.17, 15) is 4.79 Å². The maximum atomic E-state index is 12.0. The second-order valence-electron chi connectivity index (χ2n) is 6.25. The first-order valence-electron chi connectivity index (χ1n) is 7.24. The zero-order valence-corrected chi connectivity index (χ0v) is 13.1. The lowest BCUT2D eigenvalue weighted by Gasteiger charge is -2.24. The first kappa shape index (κ1) is 15.7. The van der Waals surface area contributed by atoms with Crippen LogP contribution in [0.3, 0.4) is 0 Å². The Balaban J connectivity index is 1.84. The van der Waals surface area contributed by atoms with Gasteiger partial charge in [-0.25, -0.2) is 4.79 Å². The highest BCUT2D eigenvalue weighted by Gasteiger charge is 2.31. The van der Waals surface area contributed by atoms with E-state index in [0.717, 1.165) is 12.1 Å². The first-order chi connectivity index (χ1) is 9.85. The van der Waals surface area contributed by atoms with Crippen molar-refractivity contribution in [3.63, 3.8) is 0 Å². The second-order valence-corrected chi connectivity index (χ2v) is 6.25. The number of likely N-dealkylation sites (tertiary alicyclic amines) is 1. The average Bonchev–Trinajstić information content (AvgIpc) is 2.86. The van der Waals surface area contributed by atoms with Crippen molar-refractivity contribution in [3.8, 4) is 0 Å². The summed E-state index contributed by atoms with van der Waals surface area (Å²) in [5, 5.41) is 0. The Morgan fingerprint density at radius 3 is 2.81 bits per heavy atom. The Hall–Kier alpha value is -1.69. The van der Waals surface area contributed by atoms with Crippen molar-refractivity contribution >= 4 is 6.09 Å². The minimum atomic E-state index is -0.469. The van der Waals surface area contributed by atoms with Gasteiger partial charge in [0.1, 0.15) is 5.60 Å². The number of carbonyl (C=O) groups is 1. The summed E-state index contributed by atoms with van der Waals surface area (Å²) in [7, 11) is 0. The van der Waals surface area contributed by atoms with E-state index in [1.54, 1.807) is 23.5 Å². The van der Waals surface area contributed by atoms with Crippen LogP contribution in [0.1, 0.15) is 45.9 Å². The highest BCUT2D eigenvalue weighted by molar-refractivity contribution is 5.68. The Labute approximate surface area is 125 Å². The molecular formula is C15H23N3O3. The molecule has 1 aliphatic rings. The summed E-state index contributed by atoms with van der Waals surface area (Å²) in [6.45, 7) is 8.76. The van der Waals surface area contributed by atoms with Crippen molar-refractivity contribution in [3.05, 3.63) is 24.3 Å². The quantitative estimate of drug-likeness (QED) is 0.857. The molecular weight excluding hydrogens is 270 g/mol. The van der Waals surface area contributed by atoms with Crippen molar-refractivity contribution in [2.24, 2.45) is 0 Å². The van der Waals surface area contributed by atoms with Gasteiger partial charge in [-0.15, -0.1) is 0 Å². The SMILES string of the molecule is CC(OC1CCN(C(=O)OC(C)(C)C)C1)c1cnccn1. The molecule has 0 radical (unpaired) electrons. The van der Waals surface area contributed by atoms with E-state index in [2.05, 4.69) is 9.97 Å². The molecule has 2 heterocycles. The Morgan fingerprint density at radius 2 is 2.19 bits per heavy atom. The normalized spacial score (nSPS) is 20.4. The zero-order valence-electron chi connectivity index (χ0n) is 13.1. The minimum absolute atomic E-state index is 0.00882. The van der Waals surface area contributed by atoms with Crippen LogP contribution in [0.2, 0.25) is 0 Å². The molecule has 116 valence electrons. The smallest absolute Gasteiger partial charge is 0.410 e. The van der Waals surface area contributed by atoms with Crippen LogP contribution in [0.4, 0.5) is 4.79 Å². The summed E-state index contributed by atoms with van der Waals surface area (Å²) in [4.78, 5) is 21.9. The first-order valence-corrected chi connectivity index (χ1v) is 7.24. The van der Waals surface area contributed by atoms with Gasteiger partial charge in [0.15, 0.2) is 0 Å². The van der Waals surface area contributed by atoms with Gasteiger partial charge in [-0.2, -0.15) is 0 Å². The molecule has 0 bridgehead atoms. The number of hydrogen-bond donors (Lipinski definition) is 0. The van der Waals surface area contributed by atoms with Crippen LogP contribution in [-0.4, -0.2) is 45.8 Å². The fourth-order valence-corrected chi connectivity index (χ4v) is 2.21. The van der Waals surface area contributed by atoms with Gasteiger partial charge < -0.3 is 14.4 Å². The number of ether oxygens (including phenoxy) is 2. The molecule has 0 aromatic carbocycles. The fraction of sp³-hybridized carbons (Fsp3) is 0.667. The molecule has 21 heavy (non-hydrogen) atoms. The summed E-state index contributed by atoms with van der Waals surface area (Å²) in [6.07, 6.45) is 5.39. The van der Waals surface area contributed by atoms with E-state index in [1.807, 2.05) is 27.7 Å². The Kier molecular flexibility index (Phi) is 4.77. The molecule has 0 spiro atoms. The number of aromatic nitrogens is 2. The molecule has 0 saturated carbocycles. The lowest BCUT2D eigenvalue weighted by atomic mass is 10.2. The molecule has 2 rings (SSSR count). The molecule has 6 heteroatoms. The van der Waals surface area contributed by atoms with Gasteiger partial charge in [0, 0.05) is 18.9 Å². The Morgan fingerprint density at radius 1 is 1.43 bits per heavy atom. The van der Waals surface area contributed by atoms with E-state index in [0.29, 0.717) is 13.1 Å². The number of amides is 1. The second kappa shape index (κ2) is 6.39. The van der Waals surface area contributed by atoms with Crippen LogP contribution in [0.15, 0.2) is 18.6 Å². The molecule has 2 unspecified atom stereocenters. The standard InChI is InChI=1S/C15H23N3O3/c1-11(13-9-16-6-7-17-13)20-12-5-8-18(10-12)14(19)21-15(2,3)4/h6-7,9,11-12H,5,8,10H2,1-4H3. The molecule has 0 N–H and O–H groups in total. The van der Waals surface area contributed by atoms with Crippen molar-refractivity contribution in [2.45, 2.75) is 51.9 Å². The van der Waals surface area contributed by atoms with Crippen LogP contribution in [0.5, 0.6) is 0 Å². The summed E-state index contributed by atoms with van der Waals surface area (Å²) in [5.74, 6) is 0. The van der Waals surface area contributed by atoms with E-state index >= 15 is 0 Å². The third-order valence-electron chi connectivity index (χ3n) is 3.19. The molecule has 1 amide bonds. The van der Waals surface area contributed by atoms with E-state index in [-0.39, 0.29) is 18.3 Å². The van der Waals surface area contributed by atoms with Crippen LogP contribution in [0, 0.1) is 0 Å². The average molecular weight is 293 g/mol. The summed E-state index contributed by atoms with van der Waals surface area (Å²) in [6, 6.07) is 0. The van der Waals surface area contributed by atoms with Crippen molar-refractivity contribution in [2.75, 3.05) is 13.1 Å². The molecule has 0 aliphatic carbocycles.